The lowest BCUT2D eigenvalue weighted by atomic mass is 10.1. The Hall–Kier alpha value is -2.38. The van der Waals surface area contributed by atoms with Crippen molar-refractivity contribution in [1.29, 1.82) is 0 Å². The number of benzene rings is 2. The van der Waals surface area contributed by atoms with Crippen molar-refractivity contribution in [3.8, 4) is 5.75 Å². The van der Waals surface area contributed by atoms with E-state index in [4.69, 9.17) is 4.74 Å². The summed E-state index contributed by atoms with van der Waals surface area (Å²) in [6.45, 7) is 6.96. The van der Waals surface area contributed by atoms with Gasteiger partial charge in [-0.1, -0.05) is 18.2 Å². The van der Waals surface area contributed by atoms with E-state index in [1.807, 2.05) is 18.2 Å². The van der Waals surface area contributed by atoms with E-state index in [0.29, 0.717) is 11.4 Å². The predicted molar refractivity (Wildman–Crippen MR) is 102 cm³/mol. The van der Waals surface area contributed by atoms with Gasteiger partial charge in [0.05, 0.1) is 4.90 Å². The van der Waals surface area contributed by atoms with Gasteiger partial charge in [-0.05, 0) is 64.1 Å². The van der Waals surface area contributed by atoms with Gasteiger partial charge in [0.15, 0.2) is 6.10 Å². The van der Waals surface area contributed by atoms with Crippen LogP contribution >= 0.6 is 0 Å². The summed E-state index contributed by atoms with van der Waals surface area (Å²) < 4.78 is 32.7. The van der Waals surface area contributed by atoms with Crippen LogP contribution in [0.15, 0.2) is 59.5 Å². The van der Waals surface area contributed by atoms with Gasteiger partial charge in [0.25, 0.3) is 5.91 Å². The summed E-state index contributed by atoms with van der Waals surface area (Å²) in [7, 11) is -3.61. The molecule has 2 aromatic rings. The Bertz CT molecular complexity index is 841. The van der Waals surface area contributed by atoms with Crippen LogP contribution in [0, 0.1) is 0 Å². The zero-order chi connectivity index (χ0) is 19.4. The molecule has 1 atom stereocenters. The van der Waals surface area contributed by atoms with Crippen molar-refractivity contribution in [3.63, 3.8) is 0 Å². The quantitative estimate of drug-likeness (QED) is 0.811. The van der Waals surface area contributed by atoms with Gasteiger partial charge in [0.1, 0.15) is 5.75 Å². The molecule has 0 aliphatic carbocycles. The topological polar surface area (TPSA) is 84.5 Å². The van der Waals surface area contributed by atoms with Crippen LogP contribution in [0.1, 0.15) is 27.7 Å². The third-order valence-electron chi connectivity index (χ3n) is 3.30. The van der Waals surface area contributed by atoms with E-state index in [2.05, 4.69) is 10.0 Å². The fraction of sp³-hybridized carbons (Fsp3) is 0.316. The molecule has 0 saturated carbocycles. The summed E-state index contributed by atoms with van der Waals surface area (Å²) in [5.41, 5.74) is -0.0798. The number of rotatable bonds is 6. The van der Waals surface area contributed by atoms with E-state index in [1.54, 1.807) is 52.0 Å². The van der Waals surface area contributed by atoms with Crippen molar-refractivity contribution < 1.29 is 17.9 Å². The lowest BCUT2D eigenvalue weighted by Crippen LogP contribution is -2.40. The van der Waals surface area contributed by atoms with E-state index in [-0.39, 0.29) is 10.8 Å². The molecule has 6 nitrogen and oxygen atoms in total. The standard InChI is InChI=1S/C19H24N2O4S/c1-14(25-16-8-6-5-7-9-16)18(22)20-15-10-12-17(13-11-15)26(23,24)21-19(2,3)4/h5-14,21H,1-4H3,(H,20,22)/t14-/m1/s1. The van der Waals surface area contributed by atoms with E-state index < -0.39 is 21.7 Å². The van der Waals surface area contributed by atoms with Gasteiger partial charge in [-0.2, -0.15) is 0 Å². The Morgan fingerprint density at radius 1 is 1.00 bits per heavy atom. The fourth-order valence-electron chi connectivity index (χ4n) is 2.18. The normalized spacial score (nSPS) is 13.1. The molecule has 2 N–H and O–H groups in total. The molecule has 26 heavy (non-hydrogen) atoms. The van der Waals surface area contributed by atoms with Crippen LogP contribution in [0.4, 0.5) is 5.69 Å². The highest BCUT2D eigenvalue weighted by atomic mass is 32.2. The molecule has 0 spiro atoms. The molecule has 0 bridgehead atoms. The molecule has 2 aromatic carbocycles. The Morgan fingerprint density at radius 3 is 2.12 bits per heavy atom. The first-order valence-electron chi connectivity index (χ1n) is 8.23. The van der Waals surface area contributed by atoms with E-state index in [0.717, 1.165) is 0 Å². The molecule has 2 rings (SSSR count). The molecule has 0 fully saturated rings. The number of amides is 1. The van der Waals surface area contributed by atoms with Gasteiger partial charge in [-0.15, -0.1) is 0 Å². The second kappa shape index (κ2) is 7.88. The Balaban J connectivity index is 2.01. The monoisotopic (exact) mass is 376 g/mol. The average molecular weight is 376 g/mol. The lowest BCUT2D eigenvalue weighted by Gasteiger charge is -2.20. The highest BCUT2D eigenvalue weighted by Gasteiger charge is 2.22. The first-order valence-corrected chi connectivity index (χ1v) is 9.72. The van der Waals surface area contributed by atoms with Crippen molar-refractivity contribution in [3.05, 3.63) is 54.6 Å². The zero-order valence-electron chi connectivity index (χ0n) is 15.3. The number of sulfonamides is 1. The van der Waals surface area contributed by atoms with E-state index in [1.165, 1.54) is 12.1 Å². The Kier molecular flexibility index (Phi) is 6.05. The highest BCUT2D eigenvalue weighted by Crippen LogP contribution is 2.17. The van der Waals surface area contributed by atoms with E-state index >= 15 is 0 Å². The largest absolute Gasteiger partial charge is 0.481 e. The van der Waals surface area contributed by atoms with Crippen molar-refractivity contribution in [2.24, 2.45) is 0 Å². The summed E-state index contributed by atoms with van der Waals surface area (Å²) in [6.07, 6.45) is -0.691. The molecule has 1 amide bonds. The van der Waals surface area contributed by atoms with Crippen LogP contribution < -0.4 is 14.8 Å². The summed E-state index contributed by atoms with van der Waals surface area (Å²) in [5, 5.41) is 2.71. The number of ether oxygens (including phenoxy) is 1. The third-order valence-corrected chi connectivity index (χ3v) is 5.07. The van der Waals surface area contributed by atoms with Gasteiger partial charge >= 0.3 is 0 Å². The number of para-hydroxylation sites is 1. The molecule has 0 unspecified atom stereocenters. The van der Waals surface area contributed by atoms with Crippen molar-refractivity contribution in [2.75, 3.05) is 5.32 Å². The molecule has 0 saturated heterocycles. The molecule has 140 valence electrons. The SMILES string of the molecule is C[C@@H](Oc1ccccc1)C(=O)Nc1ccc(S(=O)(=O)NC(C)(C)C)cc1. The molecule has 0 heterocycles. The van der Waals surface area contributed by atoms with Crippen molar-refractivity contribution in [2.45, 2.75) is 44.2 Å². The van der Waals surface area contributed by atoms with Crippen LogP contribution in [-0.4, -0.2) is 26.0 Å². The molecule has 0 radical (unpaired) electrons. The minimum Gasteiger partial charge on any atom is -0.481 e. The van der Waals surface area contributed by atoms with Crippen LogP contribution in [0.2, 0.25) is 0 Å². The van der Waals surface area contributed by atoms with Crippen molar-refractivity contribution in [1.82, 2.24) is 4.72 Å². The lowest BCUT2D eigenvalue weighted by molar-refractivity contribution is -0.122. The maximum Gasteiger partial charge on any atom is 0.265 e. The predicted octanol–water partition coefficient (Wildman–Crippen LogP) is 3.17. The highest BCUT2D eigenvalue weighted by molar-refractivity contribution is 7.89. The molecule has 0 aliphatic heterocycles. The maximum absolute atomic E-state index is 12.3. The van der Waals surface area contributed by atoms with Crippen LogP contribution in [0.3, 0.4) is 0 Å². The second-order valence-corrected chi connectivity index (χ2v) is 8.62. The summed E-state index contributed by atoms with van der Waals surface area (Å²) >= 11 is 0. The van der Waals surface area contributed by atoms with Crippen molar-refractivity contribution >= 4 is 21.6 Å². The Morgan fingerprint density at radius 2 is 1.58 bits per heavy atom. The number of hydrogen-bond acceptors (Lipinski definition) is 4. The van der Waals surface area contributed by atoms with Crippen LogP contribution in [0.25, 0.3) is 0 Å². The summed E-state index contributed by atoms with van der Waals surface area (Å²) in [5.74, 6) is 0.280. The van der Waals surface area contributed by atoms with Gasteiger partial charge in [-0.3, -0.25) is 4.79 Å². The first kappa shape index (κ1) is 19.9. The van der Waals surface area contributed by atoms with Gasteiger partial charge in [0, 0.05) is 11.2 Å². The minimum atomic E-state index is -3.61. The molecule has 0 aliphatic rings. The molecule has 0 aromatic heterocycles. The van der Waals surface area contributed by atoms with Gasteiger partial charge < -0.3 is 10.1 Å². The van der Waals surface area contributed by atoms with Gasteiger partial charge in [-0.25, -0.2) is 13.1 Å². The zero-order valence-corrected chi connectivity index (χ0v) is 16.1. The first-order chi connectivity index (χ1) is 12.1. The van der Waals surface area contributed by atoms with Gasteiger partial charge in [0.2, 0.25) is 10.0 Å². The summed E-state index contributed by atoms with van der Waals surface area (Å²) in [6, 6.07) is 15.0. The van der Waals surface area contributed by atoms with E-state index in [9.17, 15) is 13.2 Å². The number of hydrogen-bond donors (Lipinski definition) is 2. The fourth-order valence-corrected chi connectivity index (χ4v) is 3.60. The number of carbonyl (C=O) groups excluding carboxylic acids is 1. The average Bonchev–Trinajstić information content (AvgIpc) is 2.54. The van der Waals surface area contributed by atoms with Crippen LogP contribution in [0.5, 0.6) is 5.75 Å². The smallest absolute Gasteiger partial charge is 0.265 e. The second-order valence-electron chi connectivity index (χ2n) is 6.94. The number of carbonyl (C=O) groups is 1. The number of nitrogens with one attached hydrogen (secondary N) is 2. The molecular formula is C19H24N2O4S. The summed E-state index contributed by atoms with van der Waals surface area (Å²) in [4.78, 5) is 12.4. The number of anilines is 1. The minimum absolute atomic E-state index is 0.138. The third kappa shape index (κ3) is 5.86. The van der Waals surface area contributed by atoms with Crippen LogP contribution in [-0.2, 0) is 14.8 Å². The maximum atomic E-state index is 12.3. The Labute approximate surface area is 154 Å². The molecular weight excluding hydrogens is 352 g/mol. The molecule has 7 heteroatoms.